The Morgan fingerprint density at radius 2 is 2.05 bits per heavy atom. The lowest BCUT2D eigenvalue weighted by molar-refractivity contribution is -0.149. The third-order valence-corrected chi connectivity index (χ3v) is 4.32. The molecular formula is C15H21BrN2O3. The molecular weight excluding hydrogens is 336 g/mol. The summed E-state index contributed by atoms with van der Waals surface area (Å²) >= 11 is 3.36. The monoisotopic (exact) mass is 356 g/mol. The zero-order chi connectivity index (χ0) is 15.4. The molecule has 0 radical (unpaired) electrons. The number of esters is 1. The molecule has 1 saturated carbocycles. The Bertz CT molecular complexity index is 519. The number of carbonyl (C=O) groups is 2. The van der Waals surface area contributed by atoms with E-state index in [1.807, 2.05) is 20.2 Å². The van der Waals surface area contributed by atoms with Crippen molar-refractivity contribution in [3.05, 3.63) is 22.4 Å². The molecule has 1 N–H and O–H groups in total. The number of nitrogens with zero attached hydrogens (tertiary/aromatic N) is 1. The van der Waals surface area contributed by atoms with Crippen LogP contribution in [-0.2, 0) is 16.6 Å². The standard InChI is InChI=1S/C15H21BrN2O3/c1-3-21-15(20)10-4-6-12(7-5-10)17-14(19)13-8-11(16)9-18(13)2/h8-10,12H,3-7H2,1-2H3,(H,17,19). The molecule has 1 aliphatic carbocycles. The van der Waals surface area contributed by atoms with Crippen molar-refractivity contribution in [3.8, 4) is 0 Å². The van der Waals surface area contributed by atoms with Crippen molar-refractivity contribution in [3.63, 3.8) is 0 Å². The molecule has 0 spiro atoms. The van der Waals surface area contributed by atoms with Gasteiger partial charge in [-0.1, -0.05) is 0 Å². The Kier molecular flexibility index (Phi) is 5.45. The lowest BCUT2D eigenvalue weighted by atomic mass is 9.86. The highest BCUT2D eigenvalue weighted by Gasteiger charge is 2.28. The molecule has 2 rings (SSSR count). The number of aromatic nitrogens is 1. The van der Waals surface area contributed by atoms with Crippen molar-refractivity contribution in [2.45, 2.75) is 38.6 Å². The van der Waals surface area contributed by atoms with E-state index in [-0.39, 0.29) is 23.8 Å². The lowest BCUT2D eigenvalue weighted by Gasteiger charge is -2.27. The van der Waals surface area contributed by atoms with Gasteiger partial charge in [-0.25, -0.2) is 0 Å². The van der Waals surface area contributed by atoms with Crippen LogP contribution < -0.4 is 5.32 Å². The van der Waals surface area contributed by atoms with E-state index in [1.165, 1.54) is 0 Å². The van der Waals surface area contributed by atoms with Gasteiger partial charge in [-0.15, -0.1) is 0 Å². The third-order valence-electron chi connectivity index (χ3n) is 3.89. The summed E-state index contributed by atoms with van der Waals surface area (Å²) in [7, 11) is 1.84. The van der Waals surface area contributed by atoms with E-state index >= 15 is 0 Å². The molecule has 116 valence electrons. The van der Waals surface area contributed by atoms with Gasteiger partial charge in [0.05, 0.1) is 12.5 Å². The fourth-order valence-electron chi connectivity index (χ4n) is 2.74. The smallest absolute Gasteiger partial charge is 0.308 e. The van der Waals surface area contributed by atoms with E-state index in [4.69, 9.17) is 4.74 Å². The summed E-state index contributed by atoms with van der Waals surface area (Å²) < 4.78 is 7.74. The number of ether oxygens (including phenoxy) is 1. The van der Waals surface area contributed by atoms with E-state index in [2.05, 4.69) is 21.2 Å². The number of nitrogens with one attached hydrogen (secondary N) is 1. The van der Waals surface area contributed by atoms with Crippen molar-refractivity contribution in [1.82, 2.24) is 9.88 Å². The molecule has 0 atom stereocenters. The van der Waals surface area contributed by atoms with Gasteiger partial charge < -0.3 is 14.6 Å². The number of rotatable bonds is 4. The Labute approximate surface area is 133 Å². The van der Waals surface area contributed by atoms with Crippen LogP contribution in [0.2, 0.25) is 0 Å². The first-order chi connectivity index (χ1) is 10.0. The Balaban J connectivity index is 1.85. The van der Waals surface area contributed by atoms with Crippen LogP contribution in [0.5, 0.6) is 0 Å². The number of hydrogen-bond acceptors (Lipinski definition) is 3. The van der Waals surface area contributed by atoms with Gasteiger partial charge >= 0.3 is 5.97 Å². The molecule has 1 aliphatic rings. The molecule has 0 saturated heterocycles. The first-order valence-corrected chi connectivity index (χ1v) is 8.10. The summed E-state index contributed by atoms with van der Waals surface area (Å²) in [6.07, 6.45) is 5.05. The Hall–Kier alpha value is -1.30. The van der Waals surface area contributed by atoms with Crippen LogP contribution in [0.4, 0.5) is 0 Å². The van der Waals surface area contributed by atoms with Gasteiger partial charge in [0, 0.05) is 23.8 Å². The van der Waals surface area contributed by atoms with Gasteiger partial charge in [-0.05, 0) is 54.6 Å². The first-order valence-electron chi connectivity index (χ1n) is 7.30. The summed E-state index contributed by atoms with van der Waals surface area (Å²) in [6.45, 7) is 2.25. The fraction of sp³-hybridized carbons (Fsp3) is 0.600. The van der Waals surface area contributed by atoms with E-state index in [0.717, 1.165) is 30.2 Å². The highest BCUT2D eigenvalue weighted by Crippen LogP contribution is 2.25. The molecule has 0 bridgehead atoms. The third kappa shape index (κ3) is 4.09. The Morgan fingerprint density at radius 1 is 1.38 bits per heavy atom. The largest absolute Gasteiger partial charge is 0.466 e. The van der Waals surface area contributed by atoms with E-state index in [9.17, 15) is 9.59 Å². The van der Waals surface area contributed by atoms with Gasteiger partial charge in [0.2, 0.25) is 0 Å². The van der Waals surface area contributed by atoms with Crippen LogP contribution in [0.1, 0.15) is 43.1 Å². The molecule has 5 nitrogen and oxygen atoms in total. The van der Waals surface area contributed by atoms with Crippen molar-refractivity contribution in [2.24, 2.45) is 13.0 Å². The minimum absolute atomic E-state index is 0.0118. The summed E-state index contributed by atoms with van der Waals surface area (Å²) in [5, 5.41) is 3.05. The molecule has 21 heavy (non-hydrogen) atoms. The topological polar surface area (TPSA) is 60.3 Å². The van der Waals surface area contributed by atoms with Crippen LogP contribution in [0.3, 0.4) is 0 Å². The van der Waals surface area contributed by atoms with Crippen molar-refractivity contribution >= 4 is 27.8 Å². The molecule has 0 aliphatic heterocycles. The highest BCUT2D eigenvalue weighted by atomic mass is 79.9. The molecule has 1 amide bonds. The molecule has 1 aromatic rings. The summed E-state index contributed by atoms with van der Waals surface area (Å²) in [6, 6.07) is 1.94. The predicted molar refractivity (Wildman–Crippen MR) is 83.0 cm³/mol. The second-order valence-electron chi connectivity index (χ2n) is 5.43. The second-order valence-corrected chi connectivity index (χ2v) is 6.34. The fourth-order valence-corrected chi connectivity index (χ4v) is 3.27. The van der Waals surface area contributed by atoms with Gasteiger partial charge in [0.15, 0.2) is 0 Å². The van der Waals surface area contributed by atoms with Gasteiger partial charge in [0.25, 0.3) is 5.91 Å². The SMILES string of the molecule is CCOC(=O)C1CCC(NC(=O)c2cc(Br)cn2C)CC1. The van der Waals surface area contributed by atoms with Crippen LogP contribution in [-0.4, -0.2) is 29.1 Å². The minimum atomic E-state index is -0.103. The zero-order valence-electron chi connectivity index (χ0n) is 12.4. The van der Waals surface area contributed by atoms with E-state index < -0.39 is 0 Å². The van der Waals surface area contributed by atoms with Crippen molar-refractivity contribution in [2.75, 3.05) is 6.61 Å². The van der Waals surface area contributed by atoms with Crippen molar-refractivity contribution < 1.29 is 14.3 Å². The predicted octanol–water partition coefficient (Wildman–Crippen LogP) is 2.64. The summed E-state index contributed by atoms with van der Waals surface area (Å²) in [5.41, 5.74) is 0.634. The molecule has 0 unspecified atom stereocenters. The quantitative estimate of drug-likeness (QED) is 0.843. The average Bonchev–Trinajstić information content (AvgIpc) is 2.79. The summed E-state index contributed by atoms with van der Waals surface area (Å²) in [5.74, 6) is -0.182. The van der Waals surface area contributed by atoms with Crippen LogP contribution >= 0.6 is 15.9 Å². The molecule has 1 fully saturated rings. The van der Waals surface area contributed by atoms with Gasteiger partial charge in [0.1, 0.15) is 5.69 Å². The molecule has 6 heteroatoms. The number of amides is 1. The first kappa shape index (κ1) is 16.1. The zero-order valence-corrected chi connectivity index (χ0v) is 14.0. The number of hydrogen-bond donors (Lipinski definition) is 1. The maximum absolute atomic E-state index is 12.2. The van der Waals surface area contributed by atoms with Gasteiger partial charge in [-0.3, -0.25) is 9.59 Å². The average molecular weight is 357 g/mol. The number of carbonyl (C=O) groups excluding carboxylic acids is 2. The minimum Gasteiger partial charge on any atom is -0.466 e. The highest BCUT2D eigenvalue weighted by molar-refractivity contribution is 9.10. The van der Waals surface area contributed by atoms with E-state index in [1.54, 1.807) is 10.6 Å². The van der Waals surface area contributed by atoms with Gasteiger partial charge in [-0.2, -0.15) is 0 Å². The maximum atomic E-state index is 12.2. The molecule has 1 aromatic heterocycles. The maximum Gasteiger partial charge on any atom is 0.308 e. The van der Waals surface area contributed by atoms with E-state index in [0.29, 0.717) is 12.3 Å². The van der Waals surface area contributed by atoms with Crippen LogP contribution in [0.25, 0.3) is 0 Å². The second kappa shape index (κ2) is 7.11. The number of halogens is 1. The number of aryl methyl sites for hydroxylation is 1. The molecule has 0 aromatic carbocycles. The normalized spacial score (nSPS) is 21.9. The van der Waals surface area contributed by atoms with Crippen LogP contribution in [0.15, 0.2) is 16.7 Å². The molecule has 1 heterocycles. The van der Waals surface area contributed by atoms with Crippen molar-refractivity contribution in [1.29, 1.82) is 0 Å². The van der Waals surface area contributed by atoms with Crippen LogP contribution in [0, 0.1) is 5.92 Å². The Morgan fingerprint density at radius 3 is 2.57 bits per heavy atom. The lowest BCUT2D eigenvalue weighted by Crippen LogP contribution is -2.39. The summed E-state index contributed by atoms with van der Waals surface area (Å²) in [4.78, 5) is 23.9.